The summed E-state index contributed by atoms with van der Waals surface area (Å²) >= 11 is 12.3. The lowest BCUT2D eigenvalue weighted by molar-refractivity contribution is -0.119. The molecule has 29 heavy (non-hydrogen) atoms. The first-order valence-corrected chi connectivity index (χ1v) is 9.58. The molecule has 1 heterocycles. The van der Waals surface area contributed by atoms with Crippen molar-refractivity contribution in [1.29, 1.82) is 0 Å². The Hall–Kier alpha value is -2.83. The fourth-order valence-corrected chi connectivity index (χ4v) is 3.38. The molecule has 6 nitrogen and oxygen atoms in total. The van der Waals surface area contributed by atoms with Crippen molar-refractivity contribution in [1.82, 2.24) is 9.78 Å². The minimum absolute atomic E-state index is 0.245. The average Bonchev–Trinajstić information content (AvgIpc) is 3.13. The Morgan fingerprint density at radius 2 is 1.90 bits per heavy atom. The second-order valence-corrected chi connectivity index (χ2v) is 7.40. The van der Waals surface area contributed by atoms with Crippen LogP contribution < -0.4 is 5.32 Å². The highest BCUT2D eigenvalue weighted by atomic mass is 35.5. The fraction of sp³-hybridized carbons (Fsp3) is 0.190. The van der Waals surface area contributed by atoms with Crippen molar-refractivity contribution in [3.63, 3.8) is 0 Å². The number of carbonyl (C=O) groups excluding carboxylic acids is 2. The van der Waals surface area contributed by atoms with E-state index < -0.39 is 18.5 Å². The maximum atomic E-state index is 12.2. The number of ether oxygens (including phenoxy) is 1. The number of aromatic nitrogens is 2. The third-order valence-corrected chi connectivity index (χ3v) is 4.86. The molecule has 0 aliphatic carbocycles. The van der Waals surface area contributed by atoms with Crippen LogP contribution in [0.2, 0.25) is 10.0 Å². The number of hydrogen-bond acceptors (Lipinski definition) is 4. The molecule has 0 unspecified atom stereocenters. The van der Waals surface area contributed by atoms with Gasteiger partial charge in [-0.15, -0.1) is 0 Å². The molecule has 0 radical (unpaired) electrons. The molecule has 0 spiro atoms. The third-order valence-electron chi connectivity index (χ3n) is 4.19. The monoisotopic (exact) mass is 431 g/mol. The SMILES string of the molecule is Cc1cc(C)c(NC(=O)COC(=O)c2cnn(Cc3ccccc3Cl)c2)c(Cl)c1. The van der Waals surface area contributed by atoms with Crippen molar-refractivity contribution in [2.24, 2.45) is 0 Å². The summed E-state index contributed by atoms with van der Waals surface area (Å²) in [5, 5.41) is 7.86. The van der Waals surface area contributed by atoms with Gasteiger partial charge in [-0.05, 0) is 42.7 Å². The molecule has 0 fully saturated rings. The lowest BCUT2D eigenvalue weighted by Gasteiger charge is -2.11. The summed E-state index contributed by atoms with van der Waals surface area (Å²) in [6, 6.07) is 11.0. The topological polar surface area (TPSA) is 73.2 Å². The molecule has 3 rings (SSSR count). The normalized spacial score (nSPS) is 10.6. The molecule has 0 bridgehead atoms. The Bertz CT molecular complexity index is 1040. The predicted octanol–water partition coefficient (Wildman–Crippen LogP) is 4.65. The first-order valence-electron chi connectivity index (χ1n) is 8.83. The summed E-state index contributed by atoms with van der Waals surface area (Å²) in [6.07, 6.45) is 2.93. The number of halogens is 2. The van der Waals surface area contributed by atoms with Crippen molar-refractivity contribution in [3.8, 4) is 0 Å². The van der Waals surface area contributed by atoms with E-state index in [2.05, 4.69) is 10.4 Å². The molecule has 1 aromatic heterocycles. The van der Waals surface area contributed by atoms with Crippen LogP contribution in [-0.2, 0) is 16.1 Å². The molecule has 8 heteroatoms. The predicted molar refractivity (Wildman–Crippen MR) is 113 cm³/mol. The van der Waals surface area contributed by atoms with Gasteiger partial charge in [0.05, 0.1) is 29.0 Å². The number of anilines is 1. The maximum absolute atomic E-state index is 12.2. The van der Waals surface area contributed by atoms with E-state index in [1.807, 2.05) is 38.1 Å². The van der Waals surface area contributed by atoms with E-state index in [4.69, 9.17) is 27.9 Å². The highest BCUT2D eigenvalue weighted by molar-refractivity contribution is 6.34. The van der Waals surface area contributed by atoms with E-state index >= 15 is 0 Å². The van der Waals surface area contributed by atoms with Gasteiger partial charge in [0.2, 0.25) is 0 Å². The zero-order valence-corrected chi connectivity index (χ0v) is 17.4. The van der Waals surface area contributed by atoms with Crippen LogP contribution in [0.5, 0.6) is 0 Å². The molecule has 0 saturated carbocycles. The van der Waals surface area contributed by atoms with Crippen LogP contribution in [0.4, 0.5) is 5.69 Å². The van der Waals surface area contributed by atoms with Gasteiger partial charge in [-0.2, -0.15) is 5.10 Å². The van der Waals surface area contributed by atoms with Gasteiger partial charge >= 0.3 is 5.97 Å². The van der Waals surface area contributed by atoms with E-state index in [9.17, 15) is 9.59 Å². The number of hydrogen-bond donors (Lipinski definition) is 1. The summed E-state index contributed by atoms with van der Waals surface area (Å²) < 4.78 is 6.66. The van der Waals surface area contributed by atoms with Crippen molar-refractivity contribution in [2.45, 2.75) is 20.4 Å². The Balaban J connectivity index is 1.57. The van der Waals surface area contributed by atoms with Gasteiger partial charge < -0.3 is 10.1 Å². The lowest BCUT2D eigenvalue weighted by atomic mass is 10.1. The Kier molecular flexibility index (Phi) is 6.56. The van der Waals surface area contributed by atoms with Crippen LogP contribution in [0.1, 0.15) is 27.0 Å². The molecule has 0 saturated heterocycles. The van der Waals surface area contributed by atoms with Gasteiger partial charge in [-0.3, -0.25) is 9.48 Å². The van der Waals surface area contributed by atoms with Crippen LogP contribution in [0.25, 0.3) is 0 Å². The van der Waals surface area contributed by atoms with Gasteiger partial charge in [0.1, 0.15) is 0 Å². The molecule has 0 aliphatic rings. The van der Waals surface area contributed by atoms with Crippen LogP contribution >= 0.6 is 23.2 Å². The summed E-state index contributed by atoms with van der Waals surface area (Å²) in [5.74, 6) is -1.12. The summed E-state index contributed by atoms with van der Waals surface area (Å²) in [7, 11) is 0. The number of amides is 1. The second kappa shape index (κ2) is 9.11. The first kappa shape index (κ1) is 20.9. The van der Waals surface area contributed by atoms with Gasteiger partial charge in [-0.25, -0.2) is 4.79 Å². The quantitative estimate of drug-likeness (QED) is 0.576. The van der Waals surface area contributed by atoms with Crippen LogP contribution in [0.15, 0.2) is 48.8 Å². The molecule has 0 aliphatic heterocycles. The summed E-state index contributed by atoms with van der Waals surface area (Å²) in [6.45, 7) is 3.74. The highest BCUT2D eigenvalue weighted by Crippen LogP contribution is 2.27. The molecule has 2 aromatic carbocycles. The van der Waals surface area contributed by atoms with Crippen LogP contribution in [0, 0.1) is 13.8 Å². The fourth-order valence-electron chi connectivity index (χ4n) is 2.82. The maximum Gasteiger partial charge on any atom is 0.341 e. The zero-order chi connectivity index (χ0) is 21.0. The Labute approximate surface area is 178 Å². The molecular weight excluding hydrogens is 413 g/mol. The van der Waals surface area contributed by atoms with Crippen LogP contribution in [-0.4, -0.2) is 28.3 Å². The highest BCUT2D eigenvalue weighted by Gasteiger charge is 2.15. The number of aryl methyl sites for hydroxylation is 2. The standard InChI is InChI=1S/C21H19Cl2N3O3/c1-13-7-14(2)20(18(23)8-13)25-19(27)12-29-21(28)16-9-24-26(11-16)10-15-5-3-4-6-17(15)22/h3-9,11H,10,12H2,1-2H3,(H,25,27). The molecule has 1 N–H and O–H groups in total. The number of nitrogens with zero attached hydrogens (tertiary/aromatic N) is 2. The molecule has 3 aromatic rings. The van der Waals surface area contributed by atoms with Gasteiger partial charge in [0, 0.05) is 11.2 Å². The van der Waals surface area contributed by atoms with Crippen molar-refractivity contribution in [2.75, 3.05) is 11.9 Å². The molecule has 1 amide bonds. The second-order valence-electron chi connectivity index (χ2n) is 6.58. The molecule has 150 valence electrons. The molecule has 0 atom stereocenters. The zero-order valence-electron chi connectivity index (χ0n) is 15.9. The number of benzene rings is 2. The summed E-state index contributed by atoms with van der Waals surface area (Å²) in [5.41, 5.74) is 3.45. The van der Waals surface area contributed by atoms with Gasteiger partial charge in [-0.1, -0.05) is 47.5 Å². The smallest absolute Gasteiger partial charge is 0.341 e. The first-order chi connectivity index (χ1) is 13.8. The van der Waals surface area contributed by atoms with Crippen molar-refractivity contribution < 1.29 is 14.3 Å². The number of esters is 1. The summed E-state index contributed by atoms with van der Waals surface area (Å²) in [4.78, 5) is 24.3. The van der Waals surface area contributed by atoms with E-state index in [0.29, 0.717) is 22.3 Å². The Morgan fingerprint density at radius 1 is 1.14 bits per heavy atom. The minimum Gasteiger partial charge on any atom is -0.452 e. The van der Waals surface area contributed by atoms with E-state index in [-0.39, 0.29) is 5.56 Å². The van der Waals surface area contributed by atoms with Gasteiger partial charge in [0.15, 0.2) is 6.61 Å². The Morgan fingerprint density at radius 3 is 2.62 bits per heavy atom. The van der Waals surface area contributed by atoms with Crippen molar-refractivity contribution >= 4 is 40.8 Å². The lowest BCUT2D eigenvalue weighted by Crippen LogP contribution is -2.21. The van der Waals surface area contributed by atoms with Crippen LogP contribution in [0.3, 0.4) is 0 Å². The van der Waals surface area contributed by atoms with E-state index in [1.54, 1.807) is 23.0 Å². The van der Waals surface area contributed by atoms with Crippen molar-refractivity contribution in [3.05, 3.63) is 81.1 Å². The van der Waals surface area contributed by atoms with E-state index in [0.717, 1.165) is 16.7 Å². The number of rotatable bonds is 6. The largest absolute Gasteiger partial charge is 0.452 e. The minimum atomic E-state index is -0.641. The third kappa shape index (κ3) is 5.37. The molecular formula is C21H19Cl2N3O3. The number of nitrogens with one attached hydrogen (secondary N) is 1. The van der Waals surface area contributed by atoms with Gasteiger partial charge in [0.25, 0.3) is 5.91 Å². The average molecular weight is 432 g/mol. The number of carbonyl (C=O) groups is 2. The van der Waals surface area contributed by atoms with E-state index in [1.165, 1.54) is 6.20 Å².